The number of halogens is 1. The molecule has 1 aromatic rings. The van der Waals surface area contributed by atoms with Crippen molar-refractivity contribution in [3.63, 3.8) is 0 Å². The highest BCUT2D eigenvalue weighted by molar-refractivity contribution is 8.18. The van der Waals surface area contributed by atoms with Gasteiger partial charge in [-0.1, -0.05) is 13.8 Å². The number of ether oxygens (including phenoxy) is 1. The first kappa shape index (κ1) is 25.2. The summed E-state index contributed by atoms with van der Waals surface area (Å²) in [4.78, 5) is 33.3. The van der Waals surface area contributed by atoms with Gasteiger partial charge in [-0.25, -0.2) is 14.6 Å². The van der Waals surface area contributed by atoms with E-state index in [0.29, 0.717) is 22.2 Å². The van der Waals surface area contributed by atoms with Crippen LogP contribution in [-0.4, -0.2) is 78.3 Å². The molecule has 2 aliphatic heterocycles. The standard InChI is InChI=1S/C23H32FN5O3S/c1-4-28(5-2)13-8-12-27(3)23(31)32-19-10-9-18(24)15-17(19)16-20-21(30)26-22(33-20)29-14-7-6-11-25-29/h9-10,15-16,25H,4-8,11-14H2,1-3H3. The fraction of sp³-hybridized carbons (Fsp3) is 0.522. The number of benzene rings is 1. The molecular formula is C23H32FN5O3S. The zero-order chi connectivity index (χ0) is 23.8. The van der Waals surface area contributed by atoms with Gasteiger partial charge in [0.15, 0.2) is 5.17 Å². The van der Waals surface area contributed by atoms with Crippen LogP contribution in [0.3, 0.4) is 0 Å². The summed E-state index contributed by atoms with van der Waals surface area (Å²) < 4.78 is 19.5. The molecule has 0 spiro atoms. The minimum atomic E-state index is -0.527. The van der Waals surface area contributed by atoms with Gasteiger partial charge in [0.2, 0.25) is 0 Å². The largest absolute Gasteiger partial charge is 0.414 e. The number of nitrogens with one attached hydrogen (secondary N) is 1. The second-order valence-corrected chi connectivity index (χ2v) is 8.94. The molecule has 0 bridgehead atoms. The lowest BCUT2D eigenvalue weighted by Crippen LogP contribution is -2.45. The maximum absolute atomic E-state index is 14.0. The van der Waals surface area contributed by atoms with Crippen molar-refractivity contribution in [2.75, 3.05) is 46.3 Å². The van der Waals surface area contributed by atoms with Crippen LogP contribution < -0.4 is 10.2 Å². The van der Waals surface area contributed by atoms with Gasteiger partial charge >= 0.3 is 6.09 Å². The van der Waals surface area contributed by atoms with Crippen molar-refractivity contribution < 1.29 is 18.7 Å². The molecule has 0 atom stereocenters. The van der Waals surface area contributed by atoms with Gasteiger partial charge in [0.05, 0.1) is 4.91 Å². The molecule has 33 heavy (non-hydrogen) atoms. The van der Waals surface area contributed by atoms with Crippen molar-refractivity contribution in [1.82, 2.24) is 20.2 Å². The molecule has 2 amide bonds. The number of hydrogen-bond acceptors (Lipinski definition) is 7. The molecule has 1 aromatic carbocycles. The molecule has 10 heteroatoms. The minimum Gasteiger partial charge on any atom is -0.410 e. The normalized spacial score (nSPS) is 17.6. The first-order chi connectivity index (χ1) is 15.9. The van der Waals surface area contributed by atoms with Gasteiger partial charge in [-0.2, -0.15) is 4.99 Å². The van der Waals surface area contributed by atoms with Gasteiger partial charge in [-0.3, -0.25) is 9.80 Å². The van der Waals surface area contributed by atoms with E-state index in [9.17, 15) is 14.0 Å². The summed E-state index contributed by atoms with van der Waals surface area (Å²) in [5.74, 6) is -0.677. The highest BCUT2D eigenvalue weighted by atomic mass is 32.2. The van der Waals surface area contributed by atoms with Crippen LogP contribution in [0.25, 0.3) is 6.08 Å². The van der Waals surface area contributed by atoms with Crippen molar-refractivity contribution in [1.29, 1.82) is 0 Å². The summed E-state index contributed by atoms with van der Waals surface area (Å²) in [6.07, 6.45) is 3.92. The van der Waals surface area contributed by atoms with Gasteiger partial charge in [-0.05, 0) is 74.9 Å². The highest BCUT2D eigenvalue weighted by Gasteiger charge is 2.27. The molecule has 3 rings (SSSR count). The zero-order valence-corrected chi connectivity index (χ0v) is 20.3. The van der Waals surface area contributed by atoms with Crippen LogP contribution in [-0.2, 0) is 4.79 Å². The molecule has 0 aromatic heterocycles. The number of hydrazine groups is 1. The Labute approximate surface area is 198 Å². The van der Waals surface area contributed by atoms with E-state index in [-0.39, 0.29) is 5.75 Å². The Morgan fingerprint density at radius 2 is 2.09 bits per heavy atom. The first-order valence-electron chi connectivity index (χ1n) is 11.4. The monoisotopic (exact) mass is 477 g/mol. The topological polar surface area (TPSA) is 77.5 Å². The van der Waals surface area contributed by atoms with E-state index in [4.69, 9.17) is 4.74 Å². The molecule has 2 aliphatic rings. The van der Waals surface area contributed by atoms with Gasteiger partial charge in [0.1, 0.15) is 11.6 Å². The van der Waals surface area contributed by atoms with Crippen LogP contribution in [0.2, 0.25) is 0 Å². The van der Waals surface area contributed by atoms with Gasteiger partial charge in [0, 0.05) is 32.2 Å². The number of hydrogen-bond donors (Lipinski definition) is 1. The molecule has 0 radical (unpaired) electrons. The minimum absolute atomic E-state index is 0.197. The molecule has 2 heterocycles. The molecule has 0 saturated carbocycles. The van der Waals surface area contributed by atoms with Crippen LogP contribution in [0, 0.1) is 5.82 Å². The Balaban J connectivity index is 1.65. The molecule has 0 aliphatic carbocycles. The number of carbonyl (C=O) groups excluding carboxylic acids is 2. The Bertz CT molecular complexity index is 913. The van der Waals surface area contributed by atoms with E-state index >= 15 is 0 Å². The number of amides is 2. The average molecular weight is 478 g/mol. The Kier molecular flexibility index (Phi) is 9.28. The maximum atomic E-state index is 14.0. The predicted molar refractivity (Wildman–Crippen MR) is 129 cm³/mol. The Morgan fingerprint density at radius 3 is 2.79 bits per heavy atom. The fourth-order valence-corrected chi connectivity index (χ4v) is 4.48. The van der Waals surface area contributed by atoms with Crippen molar-refractivity contribution in [2.24, 2.45) is 4.99 Å². The molecule has 1 N–H and O–H groups in total. The molecule has 8 nitrogen and oxygen atoms in total. The molecule has 1 saturated heterocycles. The second-order valence-electron chi connectivity index (χ2n) is 7.93. The third kappa shape index (κ3) is 7.02. The smallest absolute Gasteiger partial charge is 0.410 e. The number of aliphatic imine (C=N–C) groups is 1. The van der Waals surface area contributed by atoms with Crippen LogP contribution in [0.4, 0.5) is 9.18 Å². The van der Waals surface area contributed by atoms with Crippen molar-refractivity contribution in [2.45, 2.75) is 33.1 Å². The lowest BCUT2D eigenvalue weighted by atomic mass is 10.1. The van der Waals surface area contributed by atoms with Gasteiger partial charge < -0.3 is 14.5 Å². The molecule has 1 fully saturated rings. The van der Waals surface area contributed by atoms with Crippen LogP contribution >= 0.6 is 11.8 Å². The van der Waals surface area contributed by atoms with Gasteiger partial charge in [0.25, 0.3) is 5.91 Å². The summed E-state index contributed by atoms with van der Waals surface area (Å²) >= 11 is 1.22. The number of amidine groups is 1. The first-order valence-corrected chi connectivity index (χ1v) is 12.2. The quantitative estimate of drug-likeness (QED) is 0.574. The number of thioether (sulfide) groups is 1. The molecule has 0 unspecified atom stereocenters. The third-order valence-electron chi connectivity index (χ3n) is 5.58. The molecule has 180 valence electrons. The number of nitrogens with zero attached hydrogens (tertiary/aromatic N) is 4. The summed E-state index contributed by atoms with van der Waals surface area (Å²) in [6, 6.07) is 3.89. The lowest BCUT2D eigenvalue weighted by molar-refractivity contribution is -0.113. The Hall–Kier alpha value is -2.43. The summed E-state index contributed by atoms with van der Waals surface area (Å²) in [5, 5.41) is 2.45. The highest BCUT2D eigenvalue weighted by Crippen LogP contribution is 2.33. The third-order valence-corrected chi connectivity index (χ3v) is 6.59. The summed E-state index contributed by atoms with van der Waals surface area (Å²) in [5.41, 5.74) is 3.54. The summed E-state index contributed by atoms with van der Waals surface area (Å²) in [6.45, 7) is 9.19. The van der Waals surface area contributed by atoms with E-state index < -0.39 is 17.8 Å². The van der Waals surface area contributed by atoms with Crippen molar-refractivity contribution in [3.8, 4) is 5.75 Å². The SMILES string of the molecule is CCN(CC)CCCN(C)C(=O)Oc1ccc(F)cc1C=C1SC(N2CCCCN2)=NC1=O. The molecular weight excluding hydrogens is 445 g/mol. The maximum Gasteiger partial charge on any atom is 0.414 e. The van der Waals surface area contributed by atoms with E-state index in [0.717, 1.165) is 52.0 Å². The van der Waals surface area contributed by atoms with Crippen LogP contribution in [0.15, 0.2) is 28.1 Å². The fourth-order valence-electron chi connectivity index (χ4n) is 3.57. The lowest BCUT2D eigenvalue weighted by Gasteiger charge is -2.28. The average Bonchev–Trinajstić information content (AvgIpc) is 3.19. The summed E-state index contributed by atoms with van der Waals surface area (Å²) in [7, 11) is 1.67. The predicted octanol–water partition coefficient (Wildman–Crippen LogP) is 3.56. The number of carbonyl (C=O) groups is 2. The van der Waals surface area contributed by atoms with Gasteiger partial charge in [-0.15, -0.1) is 0 Å². The Morgan fingerprint density at radius 1 is 1.30 bits per heavy atom. The van der Waals surface area contributed by atoms with Crippen LogP contribution in [0.5, 0.6) is 5.75 Å². The van der Waals surface area contributed by atoms with E-state index in [1.807, 2.05) is 5.01 Å². The van der Waals surface area contributed by atoms with E-state index in [1.165, 1.54) is 40.9 Å². The van der Waals surface area contributed by atoms with E-state index in [1.54, 1.807) is 7.05 Å². The number of rotatable bonds is 8. The second kappa shape index (κ2) is 12.2. The van der Waals surface area contributed by atoms with Crippen LogP contribution in [0.1, 0.15) is 38.7 Å². The zero-order valence-electron chi connectivity index (χ0n) is 19.5. The van der Waals surface area contributed by atoms with Crippen molar-refractivity contribution in [3.05, 3.63) is 34.5 Å². The van der Waals surface area contributed by atoms with Crippen molar-refractivity contribution >= 4 is 35.0 Å². The van der Waals surface area contributed by atoms with E-state index in [2.05, 4.69) is 29.2 Å².